The van der Waals surface area contributed by atoms with Crippen LogP contribution in [0.3, 0.4) is 0 Å². The van der Waals surface area contributed by atoms with Gasteiger partial charge < -0.3 is 14.8 Å². The minimum Gasteiger partial charge on any atom is -0.379 e. The molecule has 1 rings (SSSR count). The molecule has 15 heavy (non-hydrogen) atoms. The summed E-state index contributed by atoms with van der Waals surface area (Å²) in [7, 11) is 0. The zero-order valence-electron chi connectivity index (χ0n) is 10.3. The molecule has 0 unspecified atom stereocenters. The van der Waals surface area contributed by atoms with Crippen LogP contribution in [0.4, 0.5) is 0 Å². The Bertz CT molecular complexity index is 156. The van der Waals surface area contributed by atoms with Gasteiger partial charge in [-0.15, -0.1) is 0 Å². The molecule has 3 nitrogen and oxygen atoms in total. The van der Waals surface area contributed by atoms with Crippen molar-refractivity contribution in [2.45, 2.75) is 58.2 Å². The Morgan fingerprint density at radius 3 is 2.53 bits per heavy atom. The lowest BCUT2D eigenvalue weighted by Crippen LogP contribution is -2.48. The Kier molecular flexibility index (Phi) is 6.22. The number of hydrogen-bond donors (Lipinski definition) is 1. The Morgan fingerprint density at radius 1 is 1.20 bits per heavy atom. The SMILES string of the molecule is CCCOCCO[C@H]1C[C@H](NC(C)C)C1. The van der Waals surface area contributed by atoms with Crippen molar-refractivity contribution in [1.29, 1.82) is 0 Å². The van der Waals surface area contributed by atoms with Crippen LogP contribution in [0.2, 0.25) is 0 Å². The van der Waals surface area contributed by atoms with Crippen LogP contribution >= 0.6 is 0 Å². The Hall–Kier alpha value is -0.120. The van der Waals surface area contributed by atoms with Crippen molar-refractivity contribution in [3.8, 4) is 0 Å². The molecular weight excluding hydrogens is 190 g/mol. The first-order valence-electron chi connectivity index (χ1n) is 6.17. The lowest BCUT2D eigenvalue weighted by Gasteiger charge is -2.36. The molecule has 0 aliphatic heterocycles. The van der Waals surface area contributed by atoms with Crippen LogP contribution in [0.5, 0.6) is 0 Å². The quantitative estimate of drug-likeness (QED) is 0.628. The van der Waals surface area contributed by atoms with Gasteiger partial charge >= 0.3 is 0 Å². The van der Waals surface area contributed by atoms with E-state index in [0.29, 0.717) is 18.2 Å². The van der Waals surface area contributed by atoms with Gasteiger partial charge in [0.05, 0.1) is 19.3 Å². The summed E-state index contributed by atoms with van der Waals surface area (Å²) in [4.78, 5) is 0. The van der Waals surface area contributed by atoms with Crippen molar-refractivity contribution in [3.05, 3.63) is 0 Å². The summed E-state index contributed by atoms with van der Waals surface area (Å²) in [6, 6.07) is 1.26. The van der Waals surface area contributed by atoms with E-state index in [9.17, 15) is 0 Å². The number of rotatable bonds is 8. The van der Waals surface area contributed by atoms with Crippen LogP contribution in [-0.2, 0) is 9.47 Å². The molecule has 1 aliphatic rings. The fourth-order valence-corrected chi connectivity index (χ4v) is 1.83. The summed E-state index contributed by atoms with van der Waals surface area (Å²) < 4.78 is 11.0. The predicted octanol–water partition coefficient (Wildman–Crippen LogP) is 1.96. The maximum atomic E-state index is 5.67. The molecule has 3 heteroatoms. The van der Waals surface area contributed by atoms with E-state index in [4.69, 9.17) is 9.47 Å². The topological polar surface area (TPSA) is 30.5 Å². The van der Waals surface area contributed by atoms with Crippen LogP contribution in [0.15, 0.2) is 0 Å². The second kappa shape index (κ2) is 7.20. The average Bonchev–Trinajstić information content (AvgIpc) is 2.12. The van der Waals surface area contributed by atoms with Gasteiger partial charge in [0.25, 0.3) is 0 Å². The predicted molar refractivity (Wildman–Crippen MR) is 62.1 cm³/mol. The van der Waals surface area contributed by atoms with Crippen LogP contribution < -0.4 is 5.32 Å². The van der Waals surface area contributed by atoms with Crippen molar-refractivity contribution >= 4 is 0 Å². The smallest absolute Gasteiger partial charge is 0.0704 e. The maximum Gasteiger partial charge on any atom is 0.0704 e. The van der Waals surface area contributed by atoms with E-state index in [1.807, 2.05) is 0 Å². The summed E-state index contributed by atoms with van der Waals surface area (Å²) in [5, 5.41) is 3.51. The first-order valence-corrected chi connectivity index (χ1v) is 6.17. The largest absolute Gasteiger partial charge is 0.379 e. The molecule has 0 aromatic carbocycles. The zero-order valence-corrected chi connectivity index (χ0v) is 10.3. The van der Waals surface area contributed by atoms with Gasteiger partial charge in [0.2, 0.25) is 0 Å². The molecule has 0 saturated heterocycles. The van der Waals surface area contributed by atoms with Crippen LogP contribution in [0.25, 0.3) is 0 Å². The van der Waals surface area contributed by atoms with Crippen LogP contribution in [0, 0.1) is 0 Å². The molecule has 0 atom stereocenters. The van der Waals surface area contributed by atoms with Gasteiger partial charge in [0.15, 0.2) is 0 Å². The van der Waals surface area contributed by atoms with Gasteiger partial charge in [-0.05, 0) is 19.3 Å². The molecule has 0 radical (unpaired) electrons. The second-order valence-electron chi connectivity index (χ2n) is 4.59. The third-order valence-electron chi connectivity index (χ3n) is 2.59. The molecule has 0 aromatic heterocycles. The Morgan fingerprint density at radius 2 is 1.93 bits per heavy atom. The van der Waals surface area contributed by atoms with E-state index in [1.165, 1.54) is 0 Å². The van der Waals surface area contributed by atoms with Crippen molar-refractivity contribution in [2.24, 2.45) is 0 Å². The lowest BCUT2D eigenvalue weighted by molar-refractivity contribution is -0.0428. The summed E-state index contributed by atoms with van der Waals surface area (Å²) in [6.45, 7) is 8.84. The molecule has 0 aromatic rings. The number of ether oxygens (including phenoxy) is 2. The van der Waals surface area contributed by atoms with Gasteiger partial charge in [-0.1, -0.05) is 20.8 Å². The van der Waals surface area contributed by atoms with Gasteiger partial charge in [0, 0.05) is 18.7 Å². The van der Waals surface area contributed by atoms with Crippen molar-refractivity contribution in [1.82, 2.24) is 5.32 Å². The number of nitrogens with one attached hydrogen (secondary N) is 1. The molecule has 1 aliphatic carbocycles. The third kappa shape index (κ3) is 5.50. The molecule has 90 valence electrons. The molecule has 1 N–H and O–H groups in total. The van der Waals surface area contributed by atoms with Crippen molar-refractivity contribution in [2.75, 3.05) is 19.8 Å². The molecule has 0 heterocycles. The Labute approximate surface area is 93.5 Å². The standard InChI is InChI=1S/C12H25NO2/c1-4-5-14-6-7-15-12-8-11(9-12)13-10(2)3/h10-13H,4-9H2,1-3H3/t11-,12-. The average molecular weight is 215 g/mol. The third-order valence-corrected chi connectivity index (χ3v) is 2.59. The van der Waals surface area contributed by atoms with E-state index in [0.717, 1.165) is 39.1 Å². The molecular formula is C12H25NO2. The molecule has 0 spiro atoms. The molecule has 0 bridgehead atoms. The van der Waals surface area contributed by atoms with E-state index >= 15 is 0 Å². The minimum atomic E-state index is 0.464. The monoisotopic (exact) mass is 215 g/mol. The van der Waals surface area contributed by atoms with Gasteiger partial charge in [-0.2, -0.15) is 0 Å². The first kappa shape index (κ1) is 12.9. The van der Waals surface area contributed by atoms with Crippen LogP contribution in [-0.4, -0.2) is 38.0 Å². The highest BCUT2D eigenvalue weighted by Crippen LogP contribution is 2.23. The highest BCUT2D eigenvalue weighted by Gasteiger charge is 2.29. The van der Waals surface area contributed by atoms with E-state index in [-0.39, 0.29) is 0 Å². The fourth-order valence-electron chi connectivity index (χ4n) is 1.83. The van der Waals surface area contributed by atoms with Crippen LogP contribution in [0.1, 0.15) is 40.0 Å². The van der Waals surface area contributed by atoms with Gasteiger partial charge in [-0.25, -0.2) is 0 Å². The van der Waals surface area contributed by atoms with E-state index in [2.05, 4.69) is 26.1 Å². The molecule has 1 fully saturated rings. The Balaban J connectivity index is 1.85. The molecule has 0 amide bonds. The zero-order chi connectivity index (χ0) is 11.1. The van der Waals surface area contributed by atoms with E-state index in [1.54, 1.807) is 0 Å². The molecule has 1 saturated carbocycles. The van der Waals surface area contributed by atoms with Gasteiger partial charge in [-0.3, -0.25) is 0 Å². The first-order chi connectivity index (χ1) is 7.22. The maximum absolute atomic E-state index is 5.67. The summed E-state index contributed by atoms with van der Waals surface area (Å²) in [6.07, 6.45) is 3.87. The fraction of sp³-hybridized carbons (Fsp3) is 1.00. The second-order valence-corrected chi connectivity index (χ2v) is 4.59. The lowest BCUT2D eigenvalue weighted by atomic mass is 9.89. The normalized spacial score (nSPS) is 25.6. The number of hydrogen-bond acceptors (Lipinski definition) is 3. The highest BCUT2D eigenvalue weighted by atomic mass is 16.5. The summed E-state index contributed by atoms with van der Waals surface area (Å²) >= 11 is 0. The summed E-state index contributed by atoms with van der Waals surface area (Å²) in [5.41, 5.74) is 0. The summed E-state index contributed by atoms with van der Waals surface area (Å²) in [5.74, 6) is 0. The highest BCUT2D eigenvalue weighted by molar-refractivity contribution is 4.86. The van der Waals surface area contributed by atoms with Crippen molar-refractivity contribution < 1.29 is 9.47 Å². The van der Waals surface area contributed by atoms with Gasteiger partial charge in [0.1, 0.15) is 0 Å². The van der Waals surface area contributed by atoms with E-state index < -0.39 is 0 Å². The van der Waals surface area contributed by atoms with Crippen molar-refractivity contribution in [3.63, 3.8) is 0 Å². The minimum absolute atomic E-state index is 0.464.